The van der Waals surface area contributed by atoms with E-state index in [9.17, 15) is 4.79 Å². The molecule has 0 spiro atoms. The second-order valence-corrected chi connectivity index (χ2v) is 2.71. The second-order valence-electron chi connectivity index (χ2n) is 2.71. The number of ketones is 1. The quantitative estimate of drug-likeness (QED) is 0.600. The summed E-state index contributed by atoms with van der Waals surface area (Å²) in [5.41, 5.74) is 2.96. The lowest BCUT2D eigenvalue weighted by molar-refractivity contribution is -0.109. The molecule has 1 nitrogen and oxygen atoms in total. The fourth-order valence-corrected chi connectivity index (χ4v) is 1.34. The zero-order valence-electron chi connectivity index (χ0n) is 6.58. The summed E-state index contributed by atoms with van der Waals surface area (Å²) in [6, 6.07) is 7.84. The number of carbonyl (C=O) groups is 1. The SMILES string of the molecule is C=CC(=O)C1=Cc2ccccc21. The van der Waals surface area contributed by atoms with Crippen molar-refractivity contribution < 1.29 is 4.79 Å². The van der Waals surface area contributed by atoms with E-state index in [2.05, 4.69) is 6.58 Å². The van der Waals surface area contributed by atoms with Gasteiger partial charge in [0.2, 0.25) is 0 Å². The fraction of sp³-hybridized carbons (Fsp3) is 0. The smallest absolute Gasteiger partial charge is 0.185 e. The monoisotopic (exact) mass is 156 g/mol. The van der Waals surface area contributed by atoms with Crippen molar-refractivity contribution in [2.75, 3.05) is 0 Å². The summed E-state index contributed by atoms with van der Waals surface area (Å²) in [5, 5.41) is 0. The number of carbonyl (C=O) groups excluding carboxylic acids is 1. The highest BCUT2D eigenvalue weighted by molar-refractivity contribution is 6.34. The highest BCUT2D eigenvalue weighted by Crippen LogP contribution is 2.32. The van der Waals surface area contributed by atoms with Gasteiger partial charge in [-0.25, -0.2) is 0 Å². The van der Waals surface area contributed by atoms with Crippen LogP contribution < -0.4 is 0 Å². The third-order valence-electron chi connectivity index (χ3n) is 2.00. The number of hydrogen-bond acceptors (Lipinski definition) is 1. The molecule has 0 N–H and O–H groups in total. The average molecular weight is 156 g/mol. The summed E-state index contributed by atoms with van der Waals surface area (Å²) in [6.45, 7) is 3.45. The molecule has 1 aliphatic rings. The minimum atomic E-state index is 0.00806. The first-order valence-electron chi connectivity index (χ1n) is 3.81. The van der Waals surface area contributed by atoms with E-state index in [0.717, 1.165) is 16.7 Å². The van der Waals surface area contributed by atoms with Crippen molar-refractivity contribution in [2.45, 2.75) is 0 Å². The number of allylic oxidation sites excluding steroid dienone is 2. The molecule has 0 unspecified atom stereocenters. The van der Waals surface area contributed by atoms with Crippen LogP contribution in [-0.4, -0.2) is 5.78 Å². The van der Waals surface area contributed by atoms with E-state index in [1.54, 1.807) is 0 Å². The lowest BCUT2D eigenvalue weighted by Gasteiger charge is -2.16. The molecule has 2 rings (SSSR count). The maximum absolute atomic E-state index is 11.2. The Hall–Kier alpha value is -1.63. The van der Waals surface area contributed by atoms with Gasteiger partial charge in [-0.05, 0) is 23.3 Å². The zero-order valence-corrected chi connectivity index (χ0v) is 6.58. The summed E-state index contributed by atoms with van der Waals surface area (Å²) < 4.78 is 0. The largest absolute Gasteiger partial charge is 0.289 e. The van der Waals surface area contributed by atoms with Crippen molar-refractivity contribution in [2.24, 2.45) is 0 Å². The lowest BCUT2D eigenvalue weighted by Crippen LogP contribution is -2.06. The molecule has 1 heteroatoms. The van der Waals surface area contributed by atoms with Crippen molar-refractivity contribution in [3.63, 3.8) is 0 Å². The predicted octanol–water partition coefficient (Wildman–Crippen LogP) is 2.30. The maximum Gasteiger partial charge on any atom is 0.185 e. The minimum Gasteiger partial charge on any atom is -0.289 e. The van der Waals surface area contributed by atoms with Crippen LogP contribution in [0.25, 0.3) is 11.6 Å². The minimum absolute atomic E-state index is 0.00806. The van der Waals surface area contributed by atoms with E-state index in [-0.39, 0.29) is 5.78 Å². The number of hydrogen-bond donors (Lipinski definition) is 0. The highest BCUT2D eigenvalue weighted by Gasteiger charge is 2.18. The molecule has 0 heterocycles. The van der Waals surface area contributed by atoms with Crippen LogP contribution in [0.4, 0.5) is 0 Å². The van der Waals surface area contributed by atoms with E-state index < -0.39 is 0 Å². The molecule has 1 aromatic rings. The lowest BCUT2D eigenvalue weighted by atomic mass is 9.86. The van der Waals surface area contributed by atoms with Gasteiger partial charge >= 0.3 is 0 Å². The summed E-state index contributed by atoms with van der Waals surface area (Å²) in [4.78, 5) is 11.2. The molecule has 0 saturated carbocycles. The molecule has 0 aliphatic heterocycles. The van der Waals surface area contributed by atoms with E-state index >= 15 is 0 Å². The summed E-state index contributed by atoms with van der Waals surface area (Å²) >= 11 is 0. The molecule has 0 amide bonds. The van der Waals surface area contributed by atoms with Crippen molar-refractivity contribution in [1.29, 1.82) is 0 Å². The molecule has 0 bridgehead atoms. The molecule has 0 radical (unpaired) electrons. The predicted molar refractivity (Wildman–Crippen MR) is 49.5 cm³/mol. The van der Waals surface area contributed by atoms with Crippen LogP contribution in [0.1, 0.15) is 11.1 Å². The van der Waals surface area contributed by atoms with Crippen LogP contribution >= 0.6 is 0 Å². The average Bonchev–Trinajstić information content (AvgIpc) is 2.07. The van der Waals surface area contributed by atoms with E-state index in [1.807, 2.05) is 30.3 Å². The molecule has 1 aromatic carbocycles. The Morgan fingerprint density at radius 2 is 2.08 bits per heavy atom. The number of rotatable bonds is 2. The Bertz CT molecular complexity index is 386. The Morgan fingerprint density at radius 3 is 2.75 bits per heavy atom. The maximum atomic E-state index is 11.2. The molecule has 0 saturated heterocycles. The zero-order chi connectivity index (χ0) is 8.55. The Labute approximate surface area is 71.0 Å². The normalized spacial score (nSPS) is 12.5. The third kappa shape index (κ3) is 0.832. The van der Waals surface area contributed by atoms with E-state index in [0.29, 0.717) is 0 Å². The van der Waals surface area contributed by atoms with Gasteiger partial charge in [0.05, 0.1) is 0 Å². The number of benzene rings is 1. The van der Waals surface area contributed by atoms with Crippen LogP contribution in [0, 0.1) is 0 Å². The molecule has 58 valence electrons. The molecule has 0 atom stereocenters. The Balaban J connectivity index is 2.40. The third-order valence-corrected chi connectivity index (χ3v) is 2.00. The van der Waals surface area contributed by atoms with Crippen molar-refractivity contribution in [3.8, 4) is 0 Å². The first-order chi connectivity index (χ1) is 5.83. The molecule has 12 heavy (non-hydrogen) atoms. The summed E-state index contributed by atoms with van der Waals surface area (Å²) in [5.74, 6) is 0.00806. The van der Waals surface area contributed by atoms with Crippen molar-refractivity contribution in [1.82, 2.24) is 0 Å². The molecule has 1 aliphatic carbocycles. The van der Waals surface area contributed by atoms with Gasteiger partial charge < -0.3 is 0 Å². The van der Waals surface area contributed by atoms with Gasteiger partial charge in [0.15, 0.2) is 5.78 Å². The highest BCUT2D eigenvalue weighted by atomic mass is 16.1. The van der Waals surface area contributed by atoms with E-state index in [1.165, 1.54) is 6.08 Å². The van der Waals surface area contributed by atoms with Crippen molar-refractivity contribution >= 4 is 17.4 Å². The number of fused-ring (bicyclic) bond motifs is 1. The van der Waals surface area contributed by atoms with Crippen LogP contribution in [0.3, 0.4) is 0 Å². The van der Waals surface area contributed by atoms with Gasteiger partial charge in [-0.15, -0.1) is 0 Å². The van der Waals surface area contributed by atoms with Crippen LogP contribution in [0.2, 0.25) is 0 Å². The van der Waals surface area contributed by atoms with Gasteiger partial charge in [0.25, 0.3) is 0 Å². The standard InChI is InChI=1S/C11H8O/c1-2-11(12)10-7-8-5-3-4-6-9(8)10/h2-7H,1H2. The topological polar surface area (TPSA) is 17.1 Å². The Morgan fingerprint density at radius 1 is 1.33 bits per heavy atom. The van der Waals surface area contributed by atoms with Gasteiger partial charge in [0, 0.05) is 5.57 Å². The second kappa shape index (κ2) is 2.45. The van der Waals surface area contributed by atoms with Crippen molar-refractivity contribution in [3.05, 3.63) is 48.0 Å². The van der Waals surface area contributed by atoms with E-state index in [4.69, 9.17) is 0 Å². The summed E-state index contributed by atoms with van der Waals surface area (Å²) in [7, 11) is 0. The van der Waals surface area contributed by atoms with Gasteiger partial charge in [-0.1, -0.05) is 30.8 Å². The fourth-order valence-electron chi connectivity index (χ4n) is 1.34. The first kappa shape index (κ1) is 7.04. The van der Waals surface area contributed by atoms with Crippen LogP contribution in [0.5, 0.6) is 0 Å². The van der Waals surface area contributed by atoms with Gasteiger partial charge in [0.1, 0.15) is 0 Å². The van der Waals surface area contributed by atoms with Gasteiger partial charge in [-0.2, -0.15) is 0 Å². The first-order valence-corrected chi connectivity index (χ1v) is 3.81. The van der Waals surface area contributed by atoms with Crippen LogP contribution in [-0.2, 0) is 4.79 Å². The molecule has 0 aromatic heterocycles. The summed E-state index contributed by atoms with van der Waals surface area (Å²) in [6.07, 6.45) is 3.24. The van der Waals surface area contributed by atoms with Crippen LogP contribution in [0.15, 0.2) is 36.9 Å². The molecular formula is C11H8O. The molecular weight excluding hydrogens is 148 g/mol. The van der Waals surface area contributed by atoms with Gasteiger partial charge in [-0.3, -0.25) is 4.79 Å². The Kier molecular flexibility index (Phi) is 1.44. The molecule has 0 fully saturated rings.